The maximum Gasteiger partial charge on any atom is 0.188 e. The van der Waals surface area contributed by atoms with Crippen molar-refractivity contribution in [2.45, 2.75) is 0 Å². The van der Waals surface area contributed by atoms with E-state index in [2.05, 4.69) is 9.97 Å². The molecule has 4 heteroatoms. The lowest BCUT2D eigenvalue weighted by Gasteiger charge is -2.07. The number of aromatic hydroxyl groups is 1. The molecular formula is C13H10N2O2. The Labute approximate surface area is 97.5 Å². The van der Waals surface area contributed by atoms with Gasteiger partial charge in [0, 0.05) is 0 Å². The van der Waals surface area contributed by atoms with Crippen LogP contribution in [0.4, 0.5) is 0 Å². The minimum atomic E-state index is 0.0737. The molecule has 0 aliphatic heterocycles. The highest BCUT2D eigenvalue weighted by Gasteiger charge is 2.10. The third-order valence-corrected chi connectivity index (χ3v) is 2.65. The summed E-state index contributed by atoms with van der Waals surface area (Å²) in [5.41, 5.74) is 2.89. The van der Waals surface area contributed by atoms with E-state index in [0.717, 1.165) is 11.0 Å². The predicted molar refractivity (Wildman–Crippen MR) is 65.3 cm³/mol. The van der Waals surface area contributed by atoms with Crippen LogP contribution in [0.1, 0.15) is 0 Å². The Kier molecular flexibility index (Phi) is 2.08. The zero-order valence-electron chi connectivity index (χ0n) is 9.21. The second-order valence-corrected chi connectivity index (χ2v) is 3.70. The largest absolute Gasteiger partial charge is 0.504 e. The van der Waals surface area contributed by atoms with Crippen LogP contribution in [-0.2, 0) is 0 Å². The fourth-order valence-corrected chi connectivity index (χ4v) is 1.85. The summed E-state index contributed by atoms with van der Waals surface area (Å²) >= 11 is 0. The molecule has 84 valence electrons. The maximum atomic E-state index is 9.69. The number of benzene rings is 2. The summed E-state index contributed by atoms with van der Waals surface area (Å²) in [6, 6.07) is 10.9. The fourth-order valence-electron chi connectivity index (χ4n) is 1.85. The van der Waals surface area contributed by atoms with Crippen molar-refractivity contribution in [2.24, 2.45) is 0 Å². The van der Waals surface area contributed by atoms with E-state index in [9.17, 15) is 5.11 Å². The molecule has 0 saturated carbocycles. The van der Waals surface area contributed by atoms with Gasteiger partial charge in [0.15, 0.2) is 11.5 Å². The molecule has 0 radical (unpaired) electrons. The first-order valence-electron chi connectivity index (χ1n) is 5.22. The Hall–Kier alpha value is -2.36. The normalized spacial score (nSPS) is 10.9. The van der Waals surface area contributed by atoms with E-state index in [1.807, 2.05) is 24.3 Å². The number of hydrogen-bond acceptors (Lipinski definition) is 4. The Morgan fingerprint density at radius 3 is 2.35 bits per heavy atom. The summed E-state index contributed by atoms with van der Waals surface area (Å²) in [6.45, 7) is 0. The molecule has 0 unspecified atom stereocenters. The van der Waals surface area contributed by atoms with E-state index in [4.69, 9.17) is 4.74 Å². The summed E-state index contributed by atoms with van der Waals surface area (Å²) in [5.74, 6) is 0.435. The van der Waals surface area contributed by atoms with E-state index >= 15 is 0 Å². The zero-order chi connectivity index (χ0) is 11.8. The third kappa shape index (κ3) is 1.45. The molecule has 17 heavy (non-hydrogen) atoms. The van der Waals surface area contributed by atoms with Crippen LogP contribution in [0, 0.1) is 0 Å². The molecule has 0 atom stereocenters. The summed E-state index contributed by atoms with van der Waals surface area (Å²) in [5, 5.41) is 9.69. The van der Waals surface area contributed by atoms with Crippen molar-refractivity contribution in [3.8, 4) is 11.5 Å². The Bertz CT molecular complexity index is 710. The highest BCUT2D eigenvalue weighted by Crippen LogP contribution is 2.33. The van der Waals surface area contributed by atoms with Crippen LogP contribution in [0.3, 0.4) is 0 Å². The summed E-state index contributed by atoms with van der Waals surface area (Å²) < 4.78 is 5.15. The average molecular weight is 226 g/mol. The number of methoxy groups -OCH3 is 1. The van der Waals surface area contributed by atoms with Crippen LogP contribution in [0.5, 0.6) is 11.5 Å². The van der Waals surface area contributed by atoms with Crippen LogP contribution in [0.25, 0.3) is 22.1 Å². The van der Waals surface area contributed by atoms with Gasteiger partial charge in [0.2, 0.25) is 0 Å². The molecule has 3 aromatic rings. The van der Waals surface area contributed by atoms with Gasteiger partial charge in [-0.25, -0.2) is 9.97 Å². The molecule has 2 aromatic carbocycles. The predicted octanol–water partition coefficient (Wildman–Crippen LogP) is 2.50. The van der Waals surface area contributed by atoms with Crippen LogP contribution in [0.2, 0.25) is 0 Å². The molecule has 1 aromatic heterocycles. The fraction of sp³-hybridized carbons (Fsp3) is 0.0769. The SMILES string of the molecule is COc1c(O)ccc2nc3ccccc3nc12. The van der Waals surface area contributed by atoms with Crippen LogP contribution in [0.15, 0.2) is 36.4 Å². The molecule has 0 aliphatic rings. The van der Waals surface area contributed by atoms with Gasteiger partial charge in [0.1, 0.15) is 5.52 Å². The zero-order valence-corrected chi connectivity index (χ0v) is 9.21. The van der Waals surface area contributed by atoms with Crippen LogP contribution in [-0.4, -0.2) is 22.2 Å². The van der Waals surface area contributed by atoms with Gasteiger partial charge in [-0.3, -0.25) is 0 Å². The topological polar surface area (TPSA) is 55.2 Å². The molecule has 0 bridgehead atoms. The Balaban J connectivity index is 2.47. The first-order chi connectivity index (χ1) is 8.29. The van der Waals surface area contributed by atoms with Gasteiger partial charge >= 0.3 is 0 Å². The molecule has 0 spiro atoms. The van der Waals surface area contributed by atoms with Crippen molar-refractivity contribution >= 4 is 22.1 Å². The second kappa shape index (κ2) is 3.59. The van der Waals surface area contributed by atoms with Crippen LogP contribution < -0.4 is 4.74 Å². The number of nitrogens with zero attached hydrogens (tertiary/aromatic N) is 2. The summed E-state index contributed by atoms with van der Waals surface area (Å²) in [4.78, 5) is 8.94. The van der Waals surface area contributed by atoms with Gasteiger partial charge in [0.05, 0.1) is 23.7 Å². The lowest BCUT2D eigenvalue weighted by atomic mass is 10.2. The Morgan fingerprint density at radius 1 is 0.941 bits per heavy atom. The standard InChI is InChI=1S/C13H10N2O2/c1-17-13-11(16)7-6-10-12(13)15-9-5-3-2-4-8(9)14-10/h2-7,16H,1H3. The minimum absolute atomic E-state index is 0.0737. The van der Waals surface area contributed by atoms with Crippen molar-refractivity contribution in [2.75, 3.05) is 7.11 Å². The lowest BCUT2D eigenvalue weighted by molar-refractivity contribution is 0.377. The summed E-state index contributed by atoms with van der Waals surface area (Å²) in [6.07, 6.45) is 0. The first-order valence-corrected chi connectivity index (χ1v) is 5.22. The van der Waals surface area contributed by atoms with E-state index in [0.29, 0.717) is 16.8 Å². The number of aromatic nitrogens is 2. The Morgan fingerprint density at radius 2 is 1.65 bits per heavy atom. The number of para-hydroxylation sites is 2. The number of phenolic OH excluding ortho intramolecular Hbond substituents is 1. The van der Waals surface area contributed by atoms with Crippen LogP contribution >= 0.6 is 0 Å². The maximum absolute atomic E-state index is 9.69. The number of hydrogen-bond donors (Lipinski definition) is 1. The van der Waals surface area contributed by atoms with Crippen molar-refractivity contribution in [3.63, 3.8) is 0 Å². The average Bonchev–Trinajstić information content (AvgIpc) is 2.36. The highest BCUT2D eigenvalue weighted by molar-refractivity contribution is 5.91. The van der Waals surface area contributed by atoms with Crippen molar-refractivity contribution in [1.29, 1.82) is 0 Å². The molecule has 0 fully saturated rings. The van der Waals surface area contributed by atoms with Crippen molar-refractivity contribution < 1.29 is 9.84 Å². The van der Waals surface area contributed by atoms with E-state index in [-0.39, 0.29) is 5.75 Å². The van der Waals surface area contributed by atoms with Gasteiger partial charge < -0.3 is 9.84 Å². The molecule has 0 saturated heterocycles. The molecule has 1 heterocycles. The van der Waals surface area contributed by atoms with E-state index in [1.165, 1.54) is 7.11 Å². The van der Waals surface area contributed by atoms with Gasteiger partial charge in [0.25, 0.3) is 0 Å². The van der Waals surface area contributed by atoms with Gasteiger partial charge in [-0.05, 0) is 24.3 Å². The number of fused-ring (bicyclic) bond motifs is 2. The summed E-state index contributed by atoms with van der Waals surface area (Å²) in [7, 11) is 1.51. The molecule has 3 rings (SSSR count). The van der Waals surface area contributed by atoms with Crippen molar-refractivity contribution in [1.82, 2.24) is 9.97 Å². The minimum Gasteiger partial charge on any atom is -0.504 e. The number of ether oxygens (including phenoxy) is 1. The quantitative estimate of drug-likeness (QED) is 0.648. The monoisotopic (exact) mass is 226 g/mol. The van der Waals surface area contributed by atoms with E-state index < -0.39 is 0 Å². The van der Waals surface area contributed by atoms with Crippen molar-refractivity contribution in [3.05, 3.63) is 36.4 Å². The third-order valence-electron chi connectivity index (χ3n) is 2.65. The smallest absolute Gasteiger partial charge is 0.188 e. The van der Waals surface area contributed by atoms with Gasteiger partial charge in [-0.15, -0.1) is 0 Å². The molecular weight excluding hydrogens is 216 g/mol. The molecule has 1 N–H and O–H groups in total. The highest BCUT2D eigenvalue weighted by atomic mass is 16.5. The van der Waals surface area contributed by atoms with E-state index in [1.54, 1.807) is 12.1 Å². The van der Waals surface area contributed by atoms with Gasteiger partial charge in [-0.1, -0.05) is 12.1 Å². The van der Waals surface area contributed by atoms with Gasteiger partial charge in [-0.2, -0.15) is 0 Å². The molecule has 4 nitrogen and oxygen atoms in total. The molecule has 0 aliphatic carbocycles. The molecule has 0 amide bonds. The second-order valence-electron chi connectivity index (χ2n) is 3.70. The lowest BCUT2D eigenvalue weighted by Crippen LogP contribution is -1.92. The number of rotatable bonds is 1. The number of phenols is 1. The first kappa shape index (κ1) is 9.84.